The summed E-state index contributed by atoms with van der Waals surface area (Å²) in [6.07, 6.45) is 0. The summed E-state index contributed by atoms with van der Waals surface area (Å²) >= 11 is 6.04. The second kappa shape index (κ2) is 9.95. The van der Waals surface area contributed by atoms with E-state index in [0.29, 0.717) is 23.1 Å². The third kappa shape index (κ3) is 5.99. The summed E-state index contributed by atoms with van der Waals surface area (Å²) < 4.78 is 7.03. The Morgan fingerprint density at radius 1 is 1.32 bits per heavy atom. The number of carbonyl (C=O) groups excluding carboxylic acids is 1. The predicted octanol–water partition coefficient (Wildman–Crippen LogP) is 1.36. The number of para-hydroxylation sites is 1. The minimum atomic E-state index is -0.140. The third-order valence-electron chi connectivity index (χ3n) is 3.74. The number of rotatable bonds is 10. The Balaban J connectivity index is 1.82. The Hall–Kier alpha value is -2.19. The number of hydrogen-bond acceptors (Lipinski definition) is 6. The van der Waals surface area contributed by atoms with Crippen molar-refractivity contribution in [1.29, 1.82) is 0 Å². The van der Waals surface area contributed by atoms with E-state index in [0.717, 1.165) is 19.6 Å². The molecule has 0 fully saturated rings. The molecule has 1 aromatic carbocycles. The van der Waals surface area contributed by atoms with Crippen LogP contribution in [0.3, 0.4) is 0 Å². The fourth-order valence-corrected chi connectivity index (χ4v) is 2.43. The monoisotopic (exact) mass is 366 g/mol. The molecule has 1 heterocycles. The van der Waals surface area contributed by atoms with Crippen LogP contribution in [-0.4, -0.2) is 57.2 Å². The molecule has 136 valence electrons. The van der Waals surface area contributed by atoms with Crippen LogP contribution in [0.15, 0.2) is 24.3 Å². The Morgan fingerprint density at radius 2 is 2.08 bits per heavy atom. The van der Waals surface area contributed by atoms with E-state index in [1.165, 1.54) is 4.68 Å². The highest BCUT2D eigenvalue weighted by molar-refractivity contribution is 6.32. The standard InChI is InChI=1S/C16H23ClN6O2/c1-3-22(4-2)10-9-18-16(24)11-23-15(19-20-21-23)12-25-14-8-6-5-7-13(14)17/h5-8H,3-4,9-12H2,1-2H3,(H,18,24). The maximum atomic E-state index is 12.0. The fraction of sp³-hybridized carbons (Fsp3) is 0.500. The van der Waals surface area contributed by atoms with Gasteiger partial charge in [0, 0.05) is 13.1 Å². The molecule has 0 radical (unpaired) electrons. The molecular formula is C16H23ClN6O2. The highest BCUT2D eigenvalue weighted by Crippen LogP contribution is 2.23. The zero-order chi connectivity index (χ0) is 18.1. The molecule has 2 rings (SSSR count). The van der Waals surface area contributed by atoms with E-state index in [1.54, 1.807) is 12.1 Å². The van der Waals surface area contributed by atoms with Crippen LogP contribution in [0.1, 0.15) is 19.7 Å². The number of carbonyl (C=O) groups is 1. The first kappa shape index (κ1) is 19.1. The number of amides is 1. The SMILES string of the molecule is CCN(CC)CCNC(=O)Cn1nnnc1COc1ccccc1Cl. The fourth-order valence-electron chi connectivity index (χ4n) is 2.24. The van der Waals surface area contributed by atoms with Gasteiger partial charge in [0.1, 0.15) is 18.9 Å². The van der Waals surface area contributed by atoms with Gasteiger partial charge in [-0.3, -0.25) is 4.79 Å². The molecule has 1 amide bonds. The lowest BCUT2D eigenvalue weighted by atomic mass is 10.3. The van der Waals surface area contributed by atoms with Gasteiger partial charge in [0.25, 0.3) is 0 Å². The van der Waals surface area contributed by atoms with E-state index < -0.39 is 0 Å². The first-order valence-electron chi connectivity index (χ1n) is 8.25. The summed E-state index contributed by atoms with van der Waals surface area (Å²) in [5, 5.41) is 14.7. The average molecular weight is 367 g/mol. The summed E-state index contributed by atoms with van der Waals surface area (Å²) in [6, 6.07) is 7.15. The van der Waals surface area contributed by atoms with Gasteiger partial charge in [-0.1, -0.05) is 37.6 Å². The van der Waals surface area contributed by atoms with E-state index in [4.69, 9.17) is 16.3 Å². The molecule has 0 aliphatic rings. The van der Waals surface area contributed by atoms with Crippen molar-refractivity contribution in [2.24, 2.45) is 0 Å². The Bertz CT molecular complexity index is 674. The predicted molar refractivity (Wildman–Crippen MR) is 94.4 cm³/mol. The number of nitrogens with one attached hydrogen (secondary N) is 1. The van der Waals surface area contributed by atoms with Gasteiger partial charge < -0.3 is 15.0 Å². The van der Waals surface area contributed by atoms with Crippen LogP contribution in [0.4, 0.5) is 0 Å². The van der Waals surface area contributed by atoms with Crippen molar-refractivity contribution in [3.05, 3.63) is 35.1 Å². The van der Waals surface area contributed by atoms with Gasteiger partial charge in [0.2, 0.25) is 5.91 Å². The first-order valence-corrected chi connectivity index (χ1v) is 8.63. The topological polar surface area (TPSA) is 85.2 Å². The molecule has 0 bridgehead atoms. The Morgan fingerprint density at radius 3 is 2.80 bits per heavy atom. The number of aromatic nitrogens is 4. The minimum absolute atomic E-state index is 0.0481. The van der Waals surface area contributed by atoms with E-state index in [9.17, 15) is 4.79 Å². The number of likely N-dealkylation sites (N-methyl/N-ethyl adjacent to an activating group) is 1. The third-order valence-corrected chi connectivity index (χ3v) is 4.05. The van der Waals surface area contributed by atoms with Gasteiger partial charge in [-0.25, -0.2) is 4.68 Å². The van der Waals surface area contributed by atoms with Gasteiger partial charge in [-0.05, 0) is 35.6 Å². The summed E-state index contributed by atoms with van der Waals surface area (Å²) in [5.41, 5.74) is 0. The quantitative estimate of drug-likeness (QED) is 0.683. The molecule has 25 heavy (non-hydrogen) atoms. The maximum absolute atomic E-state index is 12.0. The van der Waals surface area contributed by atoms with Crippen molar-refractivity contribution in [3.8, 4) is 5.75 Å². The van der Waals surface area contributed by atoms with Gasteiger partial charge in [-0.2, -0.15) is 0 Å². The van der Waals surface area contributed by atoms with Crippen LogP contribution in [0, 0.1) is 0 Å². The molecule has 0 aliphatic carbocycles. The normalized spacial score (nSPS) is 10.9. The lowest BCUT2D eigenvalue weighted by Gasteiger charge is -2.17. The molecule has 0 saturated carbocycles. The summed E-state index contributed by atoms with van der Waals surface area (Å²) in [7, 11) is 0. The van der Waals surface area contributed by atoms with Crippen LogP contribution in [0.2, 0.25) is 5.02 Å². The van der Waals surface area contributed by atoms with Gasteiger partial charge >= 0.3 is 0 Å². The van der Waals surface area contributed by atoms with E-state index in [1.807, 2.05) is 12.1 Å². The second-order valence-electron chi connectivity index (χ2n) is 5.35. The Kier molecular flexibility index (Phi) is 7.62. The summed E-state index contributed by atoms with van der Waals surface area (Å²) in [6.45, 7) is 7.70. The van der Waals surface area contributed by atoms with Crippen molar-refractivity contribution in [1.82, 2.24) is 30.4 Å². The maximum Gasteiger partial charge on any atom is 0.241 e. The van der Waals surface area contributed by atoms with Gasteiger partial charge in [0.15, 0.2) is 5.82 Å². The highest BCUT2D eigenvalue weighted by atomic mass is 35.5. The average Bonchev–Trinajstić information content (AvgIpc) is 3.05. The minimum Gasteiger partial charge on any atom is -0.484 e. The molecule has 8 nitrogen and oxygen atoms in total. The second-order valence-corrected chi connectivity index (χ2v) is 5.76. The summed E-state index contributed by atoms with van der Waals surface area (Å²) in [4.78, 5) is 14.3. The molecule has 0 aliphatic heterocycles. The zero-order valence-corrected chi connectivity index (χ0v) is 15.2. The molecule has 1 N–H and O–H groups in total. The Labute approximate surface area is 152 Å². The van der Waals surface area contributed by atoms with Crippen LogP contribution in [0.5, 0.6) is 5.75 Å². The van der Waals surface area contributed by atoms with E-state index in [2.05, 4.69) is 39.6 Å². The number of halogens is 1. The lowest BCUT2D eigenvalue weighted by molar-refractivity contribution is -0.122. The number of tetrazole rings is 1. The smallest absolute Gasteiger partial charge is 0.241 e. The molecular weight excluding hydrogens is 344 g/mol. The molecule has 0 spiro atoms. The van der Waals surface area contributed by atoms with Gasteiger partial charge in [-0.15, -0.1) is 5.10 Å². The molecule has 0 unspecified atom stereocenters. The van der Waals surface area contributed by atoms with Crippen molar-refractivity contribution in [2.45, 2.75) is 27.0 Å². The van der Waals surface area contributed by atoms with Crippen LogP contribution in [0.25, 0.3) is 0 Å². The molecule has 9 heteroatoms. The number of ether oxygens (including phenoxy) is 1. The van der Waals surface area contributed by atoms with E-state index in [-0.39, 0.29) is 19.1 Å². The highest BCUT2D eigenvalue weighted by Gasteiger charge is 2.12. The lowest BCUT2D eigenvalue weighted by Crippen LogP contribution is -2.36. The van der Waals surface area contributed by atoms with Crippen molar-refractivity contribution in [2.75, 3.05) is 26.2 Å². The number of nitrogens with zero attached hydrogens (tertiary/aromatic N) is 5. The molecule has 0 atom stereocenters. The largest absolute Gasteiger partial charge is 0.484 e. The molecule has 1 aromatic heterocycles. The van der Waals surface area contributed by atoms with Crippen molar-refractivity contribution in [3.63, 3.8) is 0 Å². The molecule has 0 saturated heterocycles. The number of benzene rings is 1. The van der Waals surface area contributed by atoms with Crippen molar-refractivity contribution >= 4 is 17.5 Å². The number of hydrogen-bond donors (Lipinski definition) is 1. The van der Waals surface area contributed by atoms with Crippen LogP contribution >= 0.6 is 11.6 Å². The van der Waals surface area contributed by atoms with E-state index >= 15 is 0 Å². The summed E-state index contributed by atoms with van der Waals surface area (Å²) in [5.74, 6) is 0.861. The van der Waals surface area contributed by atoms with Gasteiger partial charge in [0.05, 0.1) is 5.02 Å². The van der Waals surface area contributed by atoms with Crippen LogP contribution in [-0.2, 0) is 17.9 Å². The molecule has 2 aromatic rings. The van der Waals surface area contributed by atoms with Crippen molar-refractivity contribution < 1.29 is 9.53 Å². The first-order chi connectivity index (χ1) is 12.1. The van der Waals surface area contributed by atoms with Crippen LogP contribution < -0.4 is 10.1 Å². The zero-order valence-electron chi connectivity index (χ0n) is 14.5.